The van der Waals surface area contributed by atoms with Gasteiger partial charge in [-0.1, -0.05) is 12.1 Å². The van der Waals surface area contributed by atoms with Crippen LogP contribution in [0.25, 0.3) is 0 Å². The third-order valence-corrected chi connectivity index (χ3v) is 4.75. The van der Waals surface area contributed by atoms with E-state index in [0.717, 1.165) is 30.6 Å². The highest BCUT2D eigenvalue weighted by molar-refractivity contribution is 6.06. The van der Waals surface area contributed by atoms with Gasteiger partial charge in [-0.05, 0) is 48.7 Å². The number of halogens is 1. The molecule has 4 rings (SSSR count). The van der Waals surface area contributed by atoms with Gasteiger partial charge < -0.3 is 15.5 Å². The summed E-state index contributed by atoms with van der Waals surface area (Å²) < 4.78 is 12.9. The third-order valence-electron chi connectivity index (χ3n) is 4.75. The van der Waals surface area contributed by atoms with Crippen LogP contribution in [0.2, 0.25) is 0 Å². The summed E-state index contributed by atoms with van der Waals surface area (Å²) >= 11 is 0. The number of nitrogens with zero attached hydrogens (tertiary/aromatic N) is 1. The van der Waals surface area contributed by atoms with E-state index in [1.165, 1.54) is 12.1 Å². The van der Waals surface area contributed by atoms with E-state index in [1.807, 2.05) is 6.07 Å². The van der Waals surface area contributed by atoms with E-state index >= 15 is 0 Å². The van der Waals surface area contributed by atoms with Gasteiger partial charge in [-0.3, -0.25) is 9.59 Å². The first-order valence-corrected chi connectivity index (χ1v) is 8.36. The molecule has 2 aliphatic rings. The van der Waals surface area contributed by atoms with Crippen LogP contribution in [0, 0.1) is 5.82 Å². The van der Waals surface area contributed by atoms with Crippen molar-refractivity contribution in [2.45, 2.75) is 25.4 Å². The number of fused-ring (bicyclic) bond motifs is 3. The monoisotopic (exact) mass is 339 g/mol. The Morgan fingerprint density at radius 1 is 1.24 bits per heavy atom. The van der Waals surface area contributed by atoms with Gasteiger partial charge in [-0.2, -0.15) is 0 Å². The molecule has 0 spiro atoms. The minimum atomic E-state index is -0.305. The minimum absolute atomic E-state index is 0.00568. The predicted molar refractivity (Wildman–Crippen MR) is 93.0 cm³/mol. The molecule has 128 valence electrons. The van der Waals surface area contributed by atoms with Crippen LogP contribution in [0.3, 0.4) is 0 Å². The lowest BCUT2D eigenvalue weighted by molar-refractivity contribution is -0.117. The maximum absolute atomic E-state index is 12.9. The van der Waals surface area contributed by atoms with Crippen molar-refractivity contribution in [1.29, 1.82) is 0 Å². The second-order valence-electron chi connectivity index (χ2n) is 6.38. The standard InChI is InChI=1S/C19H18FN3O2/c20-14-6-3-12(4-7-14)11-21-18(24)13-5-8-16-15(10-13)22-19(25)17-2-1-9-23(16)17/h3-8,10,17H,1-2,9,11H2,(H,21,24)(H,22,25)/t17-/m1/s1. The van der Waals surface area contributed by atoms with Crippen LogP contribution in [0.15, 0.2) is 42.5 Å². The summed E-state index contributed by atoms with van der Waals surface area (Å²) in [4.78, 5) is 26.6. The van der Waals surface area contributed by atoms with E-state index in [0.29, 0.717) is 17.8 Å². The maximum Gasteiger partial charge on any atom is 0.251 e. The first kappa shape index (κ1) is 15.6. The van der Waals surface area contributed by atoms with E-state index in [1.54, 1.807) is 24.3 Å². The lowest BCUT2D eigenvalue weighted by Gasteiger charge is -2.33. The van der Waals surface area contributed by atoms with Gasteiger partial charge in [-0.15, -0.1) is 0 Å². The van der Waals surface area contributed by atoms with E-state index in [2.05, 4.69) is 15.5 Å². The quantitative estimate of drug-likeness (QED) is 0.904. The number of hydrogen-bond acceptors (Lipinski definition) is 3. The molecule has 2 heterocycles. The van der Waals surface area contributed by atoms with Gasteiger partial charge in [0.05, 0.1) is 11.4 Å². The zero-order valence-corrected chi connectivity index (χ0v) is 13.6. The molecule has 1 saturated heterocycles. The number of rotatable bonds is 3. The highest BCUT2D eigenvalue weighted by atomic mass is 19.1. The van der Waals surface area contributed by atoms with Gasteiger partial charge in [0.2, 0.25) is 5.91 Å². The summed E-state index contributed by atoms with van der Waals surface area (Å²) in [7, 11) is 0. The summed E-state index contributed by atoms with van der Waals surface area (Å²) in [6.45, 7) is 1.18. The Labute approximate surface area is 144 Å². The summed E-state index contributed by atoms with van der Waals surface area (Å²) in [6.07, 6.45) is 1.86. The minimum Gasteiger partial charge on any atom is -0.358 e. The molecule has 0 unspecified atom stereocenters. The van der Waals surface area contributed by atoms with Crippen LogP contribution in [0.5, 0.6) is 0 Å². The number of anilines is 2. The molecule has 0 bridgehead atoms. The molecule has 2 aromatic carbocycles. The van der Waals surface area contributed by atoms with E-state index in [-0.39, 0.29) is 23.7 Å². The molecule has 5 nitrogen and oxygen atoms in total. The maximum atomic E-state index is 12.9. The van der Waals surface area contributed by atoms with Crippen LogP contribution < -0.4 is 15.5 Å². The number of nitrogens with one attached hydrogen (secondary N) is 2. The van der Waals surface area contributed by atoms with Crippen LogP contribution in [-0.4, -0.2) is 24.4 Å². The van der Waals surface area contributed by atoms with Crippen LogP contribution in [-0.2, 0) is 11.3 Å². The highest BCUT2D eigenvalue weighted by Gasteiger charge is 2.36. The first-order chi connectivity index (χ1) is 12.1. The molecule has 1 atom stereocenters. The zero-order valence-electron chi connectivity index (χ0n) is 13.6. The Hall–Kier alpha value is -2.89. The smallest absolute Gasteiger partial charge is 0.251 e. The molecular weight excluding hydrogens is 321 g/mol. The SMILES string of the molecule is O=C(NCc1ccc(F)cc1)c1ccc2c(c1)NC(=O)[C@H]1CCCN21. The Morgan fingerprint density at radius 3 is 2.84 bits per heavy atom. The van der Waals surface area contributed by atoms with Crippen molar-refractivity contribution in [3.05, 3.63) is 59.4 Å². The van der Waals surface area contributed by atoms with Crippen molar-refractivity contribution in [2.75, 3.05) is 16.8 Å². The Bertz CT molecular complexity index is 835. The molecule has 0 aliphatic carbocycles. The summed E-state index contributed by atoms with van der Waals surface area (Å²) in [6, 6.07) is 11.3. The summed E-state index contributed by atoms with van der Waals surface area (Å²) in [5.74, 6) is -0.542. The predicted octanol–water partition coefficient (Wildman–Crippen LogP) is 2.68. The molecule has 6 heteroatoms. The number of carbonyl (C=O) groups excluding carboxylic acids is 2. The van der Waals surface area contributed by atoms with Crippen molar-refractivity contribution in [1.82, 2.24) is 5.32 Å². The average Bonchev–Trinajstić information content (AvgIpc) is 3.11. The van der Waals surface area contributed by atoms with E-state index in [4.69, 9.17) is 0 Å². The number of amides is 2. The van der Waals surface area contributed by atoms with Gasteiger partial charge in [0, 0.05) is 18.7 Å². The molecule has 1 fully saturated rings. The van der Waals surface area contributed by atoms with Crippen LogP contribution >= 0.6 is 0 Å². The molecule has 0 radical (unpaired) electrons. The zero-order chi connectivity index (χ0) is 17.4. The van der Waals surface area contributed by atoms with E-state index in [9.17, 15) is 14.0 Å². The fourth-order valence-electron chi connectivity index (χ4n) is 3.46. The summed E-state index contributed by atoms with van der Waals surface area (Å²) in [5, 5.41) is 5.72. The summed E-state index contributed by atoms with van der Waals surface area (Å²) in [5.41, 5.74) is 2.95. The number of benzene rings is 2. The normalized spacial score (nSPS) is 18.4. The molecular formula is C19H18FN3O2. The van der Waals surface area contributed by atoms with Gasteiger partial charge >= 0.3 is 0 Å². The largest absolute Gasteiger partial charge is 0.358 e. The third kappa shape index (κ3) is 2.95. The molecule has 2 N–H and O–H groups in total. The fraction of sp³-hybridized carbons (Fsp3) is 0.263. The van der Waals surface area contributed by atoms with Crippen LogP contribution in [0.1, 0.15) is 28.8 Å². The van der Waals surface area contributed by atoms with Crippen molar-refractivity contribution in [3.8, 4) is 0 Å². The first-order valence-electron chi connectivity index (χ1n) is 8.36. The van der Waals surface area contributed by atoms with Gasteiger partial charge in [0.25, 0.3) is 5.91 Å². The molecule has 2 aliphatic heterocycles. The van der Waals surface area contributed by atoms with Crippen LogP contribution in [0.4, 0.5) is 15.8 Å². The fourth-order valence-corrected chi connectivity index (χ4v) is 3.46. The van der Waals surface area contributed by atoms with Crippen molar-refractivity contribution in [3.63, 3.8) is 0 Å². The van der Waals surface area contributed by atoms with Gasteiger partial charge in [-0.25, -0.2) is 4.39 Å². The molecule has 2 aromatic rings. The average molecular weight is 339 g/mol. The lowest BCUT2D eigenvalue weighted by atomic mass is 10.1. The van der Waals surface area contributed by atoms with Crippen molar-refractivity contribution in [2.24, 2.45) is 0 Å². The molecule has 2 amide bonds. The Kier molecular flexibility index (Phi) is 3.87. The van der Waals surface area contributed by atoms with E-state index < -0.39 is 0 Å². The lowest BCUT2D eigenvalue weighted by Crippen LogP contribution is -2.44. The van der Waals surface area contributed by atoms with Crippen molar-refractivity contribution < 1.29 is 14.0 Å². The Balaban J connectivity index is 1.49. The molecule has 0 aromatic heterocycles. The second-order valence-corrected chi connectivity index (χ2v) is 6.38. The number of hydrogen-bond donors (Lipinski definition) is 2. The van der Waals surface area contributed by atoms with Gasteiger partial charge in [0.1, 0.15) is 11.9 Å². The van der Waals surface area contributed by atoms with Gasteiger partial charge in [0.15, 0.2) is 0 Å². The molecule has 25 heavy (non-hydrogen) atoms. The highest BCUT2D eigenvalue weighted by Crippen LogP contribution is 2.37. The Morgan fingerprint density at radius 2 is 2.04 bits per heavy atom. The van der Waals surface area contributed by atoms with Crippen molar-refractivity contribution >= 4 is 23.2 Å². The topological polar surface area (TPSA) is 61.4 Å². The number of carbonyl (C=O) groups is 2. The second kappa shape index (κ2) is 6.20. The molecule has 0 saturated carbocycles.